The molecule has 0 atom stereocenters. The highest BCUT2D eigenvalue weighted by molar-refractivity contribution is 5.86. The quantitative estimate of drug-likeness (QED) is 0.715. The van der Waals surface area contributed by atoms with Crippen molar-refractivity contribution in [3.63, 3.8) is 0 Å². The Morgan fingerprint density at radius 1 is 1.00 bits per heavy atom. The molecule has 20 heavy (non-hydrogen) atoms. The van der Waals surface area contributed by atoms with Crippen molar-refractivity contribution in [1.29, 1.82) is 0 Å². The molecule has 2 heteroatoms. The lowest BCUT2D eigenvalue weighted by atomic mass is 9.68. The fourth-order valence-electron chi connectivity index (χ4n) is 4.47. The smallest absolute Gasteiger partial charge is 0.331 e. The van der Waals surface area contributed by atoms with Gasteiger partial charge in [0, 0.05) is 5.57 Å². The first-order valence-electron chi connectivity index (χ1n) is 8.53. The summed E-state index contributed by atoms with van der Waals surface area (Å²) in [6.45, 7) is 6.04. The van der Waals surface area contributed by atoms with Crippen molar-refractivity contribution in [1.82, 2.24) is 0 Å². The fourth-order valence-corrected chi connectivity index (χ4v) is 4.47. The van der Waals surface area contributed by atoms with Gasteiger partial charge >= 0.3 is 5.97 Å². The first kappa shape index (κ1) is 15.6. The monoisotopic (exact) mass is 278 g/mol. The number of carbonyl (C=O) groups is 1. The summed E-state index contributed by atoms with van der Waals surface area (Å²) >= 11 is 0. The number of carboxylic acids is 1. The molecule has 0 saturated heterocycles. The van der Waals surface area contributed by atoms with Crippen LogP contribution in [0.2, 0.25) is 0 Å². The number of carboxylic acid groups (broad SMARTS) is 1. The highest BCUT2D eigenvalue weighted by Crippen LogP contribution is 2.43. The zero-order chi connectivity index (χ0) is 14.5. The second kappa shape index (κ2) is 7.28. The van der Waals surface area contributed by atoms with E-state index in [2.05, 4.69) is 13.5 Å². The van der Waals surface area contributed by atoms with Gasteiger partial charge in [0.1, 0.15) is 0 Å². The summed E-state index contributed by atoms with van der Waals surface area (Å²) in [5.74, 6) is 2.20. The number of hydrogen-bond donors (Lipinski definition) is 1. The molecular formula is C18H30O2. The van der Waals surface area contributed by atoms with Crippen LogP contribution in [0.1, 0.15) is 71.1 Å². The lowest BCUT2D eigenvalue weighted by molar-refractivity contribution is -0.133. The van der Waals surface area contributed by atoms with Crippen LogP contribution in [0.25, 0.3) is 0 Å². The molecule has 0 unspecified atom stereocenters. The number of hydrogen-bond acceptors (Lipinski definition) is 1. The van der Waals surface area contributed by atoms with E-state index in [-0.39, 0.29) is 5.92 Å². The van der Waals surface area contributed by atoms with E-state index in [0.717, 1.165) is 30.6 Å². The van der Waals surface area contributed by atoms with Gasteiger partial charge in [0.25, 0.3) is 0 Å². The van der Waals surface area contributed by atoms with Crippen molar-refractivity contribution in [3.8, 4) is 0 Å². The van der Waals surface area contributed by atoms with Crippen LogP contribution in [0.3, 0.4) is 0 Å². The van der Waals surface area contributed by atoms with Gasteiger partial charge in [-0.3, -0.25) is 0 Å². The van der Waals surface area contributed by atoms with Crippen molar-refractivity contribution in [2.75, 3.05) is 0 Å². The average molecular weight is 278 g/mol. The Labute approximate surface area is 123 Å². The fraction of sp³-hybridized carbons (Fsp3) is 0.833. The van der Waals surface area contributed by atoms with Crippen molar-refractivity contribution in [3.05, 3.63) is 12.2 Å². The molecule has 0 aromatic carbocycles. The molecule has 2 saturated carbocycles. The minimum Gasteiger partial charge on any atom is -0.478 e. The second-order valence-electron chi connectivity index (χ2n) is 7.01. The predicted octanol–water partition coefficient (Wildman–Crippen LogP) is 5.04. The van der Waals surface area contributed by atoms with Gasteiger partial charge in [0.15, 0.2) is 0 Å². The molecule has 0 radical (unpaired) electrons. The largest absolute Gasteiger partial charge is 0.478 e. The van der Waals surface area contributed by atoms with Crippen LogP contribution in [0.4, 0.5) is 0 Å². The molecule has 0 aromatic rings. The molecule has 2 aliphatic rings. The van der Waals surface area contributed by atoms with E-state index in [4.69, 9.17) is 5.11 Å². The van der Waals surface area contributed by atoms with Crippen LogP contribution in [0.5, 0.6) is 0 Å². The van der Waals surface area contributed by atoms with Gasteiger partial charge in [-0.1, -0.05) is 39.2 Å². The Balaban J connectivity index is 1.75. The third-order valence-electron chi connectivity index (χ3n) is 5.79. The zero-order valence-corrected chi connectivity index (χ0v) is 12.9. The van der Waals surface area contributed by atoms with Crippen molar-refractivity contribution in [2.24, 2.45) is 23.7 Å². The van der Waals surface area contributed by atoms with E-state index in [1.165, 1.54) is 51.4 Å². The van der Waals surface area contributed by atoms with Crippen LogP contribution in [0.15, 0.2) is 12.2 Å². The van der Waals surface area contributed by atoms with Crippen molar-refractivity contribution < 1.29 is 9.90 Å². The summed E-state index contributed by atoms with van der Waals surface area (Å²) in [6.07, 6.45) is 13.0. The molecule has 114 valence electrons. The normalized spacial score (nSPS) is 34.6. The molecule has 0 spiro atoms. The molecule has 0 heterocycles. The lowest BCUT2D eigenvalue weighted by Crippen LogP contribution is -2.27. The summed E-state index contributed by atoms with van der Waals surface area (Å²) in [5.41, 5.74) is 0.440. The molecule has 0 aliphatic heterocycles. The SMILES string of the molecule is C=C(C(=O)O)C1CCC(C2CCC(CCC)CC2)CC1. The molecule has 0 bridgehead atoms. The third kappa shape index (κ3) is 3.86. The van der Waals surface area contributed by atoms with Gasteiger partial charge in [-0.15, -0.1) is 0 Å². The van der Waals surface area contributed by atoms with E-state index >= 15 is 0 Å². The van der Waals surface area contributed by atoms with Gasteiger partial charge < -0.3 is 5.11 Å². The Hall–Kier alpha value is -0.790. The van der Waals surface area contributed by atoms with Crippen LogP contribution >= 0.6 is 0 Å². The number of rotatable bonds is 5. The summed E-state index contributed by atoms with van der Waals surface area (Å²) in [5, 5.41) is 9.03. The zero-order valence-electron chi connectivity index (χ0n) is 12.9. The predicted molar refractivity (Wildman–Crippen MR) is 82.6 cm³/mol. The maximum atomic E-state index is 11.0. The Morgan fingerprint density at radius 2 is 1.50 bits per heavy atom. The van der Waals surface area contributed by atoms with Crippen LogP contribution in [-0.2, 0) is 4.79 Å². The maximum Gasteiger partial charge on any atom is 0.331 e. The Kier molecular flexibility index (Phi) is 5.68. The Morgan fingerprint density at radius 3 is 1.95 bits per heavy atom. The third-order valence-corrected chi connectivity index (χ3v) is 5.79. The molecule has 2 nitrogen and oxygen atoms in total. The van der Waals surface area contributed by atoms with Gasteiger partial charge in [-0.05, 0) is 62.2 Å². The summed E-state index contributed by atoms with van der Waals surface area (Å²) in [4.78, 5) is 11.0. The summed E-state index contributed by atoms with van der Waals surface area (Å²) in [7, 11) is 0. The number of aliphatic carboxylic acids is 1. The summed E-state index contributed by atoms with van der Waals surface area (Å²) in [6, 6.07) is 0. The van der Waals surface area contributed by atoms with E-state index < -0.39 is 5.97 Å². The topological polar surface area (TPSA) is 37.3 Å². The highest BCUT2D eigenvalue weighted by Gasteiger charge is 2.32. The standard InChI is InChI=1S/C18H30O2/c1-3-4-14-5-7-16(8-6-14)17-11-9-15(10-12-17)13(2)18(19)20/h14-17H,2-12H2,1H3,(H,19,20). The molecule has 0 aromatic heterocycles. The first-order valence-corrected chi connectivity index (χ1v) is 8.53. The van der Waals surface area contributed by atoms with E-state index in [1.54, 1.807) is 0 Å². The second-order valence-corrected chi connectivity index (χ2v) is 7.01. The minimum atomic E-state index is -0.798. The van der Waals surface area contributed by atoms with Gasteiger partial charge in [0.05, 0.1) is 0 Å². The Bertz CT molecular complexity index is 331. The molecular weight excluding hydrogens is 248 g/mol. The molecule has 0 amide bonds. The molecule has 2 rings (SSSR count). The van der Waals surface area contributed by atoms with Crippen molar-refractivity contribution >= 4 is 5.97 Å². The van der Waals surface area contributed by atoms with E-state index in [9.17, 15) is 4.79 Å². The lowest BCUT2D eigenvalue weighted by Gasteiger charge is -2.38. The van der Waals surface area contributed by atoms with Gasteiger partial charge in [-0.2, -0.15) is 0 Å². The van der Waals surface area contributed by atoms with Crippen LogP contribution in [0, 0.1) is 23.7 Å². The minimum absolute atomic E-state index is 0.236. The molecule has 1 N–H and O–H groups in total. The highest BCUT2D eigenvalue weighted by atomic mass is 16.4. The van der Waals surface area contributed by atoms with Gasteiger partial charge in [0.2, 0.25) is 0 Å². The van der Waals surface area contributed by atoms with E-state index in [1.807, 2.05) is 0 Å². The van der Waals surface area contributed by atoms with E-state index in [0.29, 0.717) is 5.57 Å². The summed E-state index contributed by atoms with van der Waals surface area (Å²) < 4.78 is 0. The first-order chi connectivity index (χ1) is 9.61. The average Bonchev–Trinajstić information content (AvgIpc) is 2.48. The van der Waals surface area contributed by atoms with Gasteiger partial charge in [-0.25, -0.2) is 4.79 Å². The van der Waals surface area contributed by atoms with Crippen molar-refractivity contribution in [2.45, 2.75) is 71.1 Å². The maximum absolute atomic E-state index is 11.0. The van der Waals surface area contributed by atoms with Crippen LogP contribution < -0.4 is 0 Å². The molecule has 2 aliphatic carbocycles. The molecule has 2 fully saturated rings. The van der Waals surface area contributed by atoms with Crippen LogP contribution in [-0.4, -0.2) is 11.1 Å².